The molecule has 100 valence electrons. The summed E-state index contributed by atoms with van der Waals surface area (Å²) in [7, 11) is 0. The Hall–Kier alpha value is -0.240. The van der Waals surface area contributed by atoms with Gasteiger partial charge in [0.2, 0.25) is 5.91 Å². The Labute approximate surface area is 110 Å². The maximum Gasteiger partial charge on any atom is 0.220 e. The molecule has 1 N–H and O–H groups in total. The predicted molar refractivity (Wildman–Crippen MR) is 73.4 cm³/mol. The minimum absolute atomic E-state index is 0.222. The van der Waals surface area contributed by atoms with Gasteiger partial charge in [0, 0.05) is 18.3 Å². The first-order valence-corrected chi connectivity index (χ1v) is 7.56. The maximum absolute atomic E-state index is 11.6. The molecule has 0 aliphatic heterocycles. The highest BCUT2D eigenvalue weighted by Crippen LogP contribution is 2.28. The number of carbonyl (C=O) groups is 1. The SMILES string of the molecule is CCCCCCCC(=O)NCC1CCC(Cl)C1. The zero-order valence-electron chi connectivity index (χ0n) is 11.0. The van der Waals surface area contributed by atoms with Crippen LogP contribution in [-0.2, 0) is 4.79 Å². The average Bonchev–Trinajstić information content (AvgIpc) is 2.72. The van der Waals surface area contributed by atoms with Crippen molar-refractivity contribution in [2.45, 2.75) is 70.1 Å². The summed E-state index contributed by atoms with van der Waals surface area (Å²) >= 11 is 6.04. The first-order valence-electron chi connectivity index (χ1n) is 7.13. The Kier molecular flexibility index (Phi) is 7.67. The third-order valence-electron chi connectivity index (χ3n) is 3.57. The van der Waals surface area contributed by atoms with Gasteiger partial charge >= 0.3 is 0 Å². The molecule has 1 fully saturated rings. The van der Waals surface area contributed by atoms with E-state index in [0.717, 1.165) is 25.8 Å². The van der Waals surface area contributed by atoms with Crippen LogP contribution in [0.15, 0.2) is 0 Å². The summed E-state index contributed by atoms with van der Waals surface area (Å²) in [5, 5.41) is 3.38. The zero-order chi connectivity index (χ0) is 12.5. The van der Waals surface area contributed by atoms with Gasteiger partial charge in [-0.2, -0.15) is 0 Å². The van der Waals surface area contributed by atoms with Crippen LogP contribution in [0, 0.1) is 5.92 Å². The molecule has 0 saturated heterocycles. The highest BCUT2D eigenvalue weighted by atomic mass is 35.5. The van der Waals surface area contributed by atoms with Crippen LogP contribution in [0.3, 0.4) is 0 Å². The fourth-order valence-corrected chi connectivity index (χ4v) is 2.81. The molecule has 1 aliphatic rings. The quantitative estimate of drug-likeness (QED) is 0.520. The number of hydrogen-bond donors (Lipinski definition) is 1. The van der Waals surface area contributed by atoms with E-state index in [-0.39, 0.29) is 5.91 Å². The molecule has 1 rings (SSSR count). The second-order valence-electron chi connectivity index (χ2n) is 5.24. The first-order chi connectivity index (χ1) is 8.22. The van der Waals surface area contributed by atoms with Crippen molar-refractivity contribution in [1.29, 1.82) is 0 Å². The number of amides is 1. The summed E-state index contributed by atoms with van der Waals surface area (Å²) in [6, 6.07) is 0. The van der Waals surface area contributed by atoms with Crippen molar-refractivity contribution in [3.05, 3.63) is 0 Å². The van der Waals surface area contributed by atoms with Crippen LogP contribution in [-0.4, -0.2) is 17.8 Å². The standard InChI is InChI=1S/C14H26ClNO/c1-2-3-4-5-6-7-14(17)16-11-12-8-9-13(15)10-12/h12-13H,2-11H2,1H3,(H,16,17). The van der Waals surface area contributed by atoms with E-state index < -0.39 is 0 Å². The van der Waals surface area contributed by atoms with Crippen molar-refractivity contribution in [2.24, 2.45) is 5.92 Å². The van der Waals surface area contributed by atoms with Gasteiger partial charge in [0.1, 0.15) is 0 Å². The molecule has 2 unspecified atom stereocenters. The van der Waals surface area contributed by atoms with Crippen molar-refractivity contribution in [2.75, 3.05) is 6.54 Å². The minimum atomic E-state index is 0.222. The summed E-state index contributed by atoms with van der Waals surface area (Å²) in [5.41, 5.74) is 0. The van der Waals surface area contributed by atoms with Gasteiger partial charge in [0.05, 0.1) is 0 Å². The van der Waals surface area contributed by atoms with E-state index in [0.29, 0.717) is 17.7 Å². The van der Waals surface area contributed by atoms with E-state index >= 15 is 0 Å². The summed E-state index contributed by atoms with van der Waals surface area (Å²) < 4.78 is 0. The molecular formula is C14H26ClNO. The fourth-order valence-electron chi connectivity index (χ4n) is 2.44. The van der Waals surface area contributed by atoms with E-state index in [4.69, 9.17) is 11.6 Å². The van der Waals surface area contributed by atoms with Gasteiger partial charge in [0.25, 0.3) is 0 Å². The molecule has 1 amide bonds. The number of carbonyl (C=O) groups excluding carboxylic acids is 1. The number of nitrogens with one attached hydrogen (secondary N) is 1. The second-order valence-corrected chi connectivity index (χ2v) is 5.86. The van der Waals surface area contributed by atoms with Gasteiger partial charge in [-0.3, -0.25) is 4.79 Å². The lowest BCUT2D eigenvalue weighted by atomic mass is 10.1. The monoisotopic (exact) mass is 259 g/mol. The molecule has 3 heteroatoms. The Morgan fingerprint density at radius 2 is 2.00 bits per heavy atom. The fraction of sp³-hybridized carbons (Fsp3) is 0.929. The lowest BCUT2D eigenvalue weighted by molar-refractivity contribution is -0.121. The number of rotatable bonds is 8. The van der Waals surface area contributed by atoms with Crippen LogP contribution in [0.25, 0.3) is 0 Å². The Balaban J connectivity index is 1.94. The lowest BCUT2D eigenvalue weighted by Gasteiger charge is -2.10. The van der Waals surface area contributed by atoms with Crippen molar-refractivity contribution in [1.82, 2.24) is 5.32 Å². The van der Waals surface area contributed by atoms with Crippen LogP contribution in [0.2, 0.25) is 0 Å². The normalized spacial score (nSPS) is 23.9. The van der Waals surface area contributed by atoms with Crippen LogP contribution >= 0.6 is 11.6 Å². The third-order valence-corrected chi connectivity index (χ3v) is 3.97. The van der Waals surface area contributed by atoms with Crippen LogP contribution < -0.4 is 5.32 Å². The highest BCUT2D eigenvalue weighted by Gasteiger charge is 2.22. The molecule has 0 radical (unpaired) electrons. The molecule has 0 aromatic rings. The summed E-state index contributed by atoms with van der Waals surface area (Å²) in [6.45, 7) is 3.04. The van der Waals surface area contributed by atoms with Crippen molar-refractivity contribution >= 4 is 17.5 Å². The number of alkyl halides is 1. The topological polar surface area (TPSA) is 29.1 Å². The number of hydrogen-bond acceptors (Lipinski definition) is 1. The van der Waals surface area contributed by atoms with E-state index in [1.165, 1.54) is 32.1 Å². The van der Waals surface area contributed by atoms with Crippen molar-refractivity contribution < 1.29 is 4.79 Å². The van der Waals surface area contributed by atoms with Gasteiger partial charge < -0.3 is 5.32 Å². The summed E-state index contributed by atoms with van der Waals surface area (Å²) in [4.78, 5) is 11.6. The molecular weight excluding hydrogens is 234 g/mol. The molecule has 0 bridgehead atoms. The predicted octanol–water partition coefficient (Wildman–Crippen LogP) is 3.87. The van der Waals surface area contributed by atoms with Gasteiger partial charge in [-0.1, -0.05) is 32.6 Å². The van der Waals surface area contributed by atoms with Crippen LogP contribution in [0.5, 0.6) is 0 Å². The summed E-state index contributed by atoms with van der Waals surface area (Å²) in [5.74, 6) is 0.834. The van der Waals surface area contributed by atoms with Crippen LogP contribution in [0.1, 0.15) is 64.7 Å². The van der Waals surface area contributed by atoms with Gasteiger partial charge in [0.15, 0.2) is 0 Å². The van der Waals surface area contributed by atoms with Crippen molar-refractivity contribution in [3.63, 3.8) is 0 Å². The molecule has 0 aromatic carbocycles. The molecule has 2 atom stereocenters. The molecule has 0 aromatic heterocycles. The number of unbranched alkanes of at least 4 members (excludes halogenated alkanes) is 4. The molecule has 2 nitrogen and oxygen atoms in total. The van der Waals surface area contributed by atoms with Gasteiger partial charge in [-0.15, -0.1) is 11.6 Å². The molecule has 1 aliphatic carbocycles. The summed E-state index contributed by atoms with van der Waals surface area (Å²) in [6.07, 6.45) is 10.1. The molecule has 0 heterocycles. The Morgan fingerprint density at radius 3 is 2.65 bits per heavy atom. The largest absolute Gasteiger partial charge is 0.356 e. The smallest absolute Gasteiger partial charge is 0.220 e. The third kappa shape index (κ3) is 6.92. The Morgan fingerprint density at radius 1 is 1.24 bits per heavy atom. The van der Waals surface area contributed by atoms with Gasteiger partial charge in [-0.05, 0) is 31.6 Å². The average molecular weight is 260 g/mol. The number of halogens is 1. The van der Waals surface area contributed by atoms with E-state index in [2.05, 4.69) is 12.2 Å². The van der Waals surface area contributed by atoms with Crippen LogP contribution in [0.4, 0.5) is 0 Å². The highest BCUT2D eigenvalue weighted by molar-refractivity contribution is 6.20. The van der Waals surface area contributed by atoms with E-state index in [1.54, 1.807) is 0 Å². The minimum Gasteiger partial charge on any atom is -0.356 e. The molecule has 0 spiro atoms. The van der Waals surface area contributed by atoms with E-state index in [9.17, 15) is 4.79 Å². The van der Waals surface area contributed by atoms with Crippen molar-refractivity contribution in [3.8, 4) is 0 Å². The molecule has 17 heavy (non-hydrogen) atoms. The van der Waals surface area contributed by atoms with Gasteiger partial charge in [-0.25, -0.2) is 0 Å². The lowest BCUT2D eigenvalue weighted by Crippen LogP contribution is -2.28. The second kappa shape index (κ2) is 8.79. The van der Waals surface area contributed by atoms with E-state index in [1.807, 2.05) is 0 Å². The maximum atomic E-state index is 11.6. The molecule has 1 saturated carbocycles. The Bertz CT molecular complexity index is 220. The first kappa shape index (κ1) is 14.8. The zero-order valence-corrected chi connectivity index (χ0v) is 11.8.